The van der Waals surface area contributed by atoms with E-state index in [1.54, 1.807) is 0 Å². The Bertz CT molecular complexity index is 2800. The van der Waals surface area contributed by atoms with E-state index in [2.05, 4.69) is 218 Å². The first-order valence-electron chi connectivity index (χ1n) is 18.9. The molecule has 0 N–H and O–H groups in total. The first kappa shape index (κ1) is 34.9. The van der Waals surface area contributed by atoms with Gasteiger partial charge >= 0.3 is 0 Å². The van der Waals surface area contributed by atoms with Crippen LogP contribution in [0.25, 0.3) is 77.2 Å². The van der Waals surface area contributed by atoms with Gasteiger partial charge in [-0.25, -0.2) is 0 Å². The summed E-state index contributed by atoms with van der Waals surface area (Å²) < 4.78 is 5.51. The Morgan fingerprint density at radius 1 is 0.436 bits per heavy atom. The van der Waals surface area contributed by atoms with Crippen LogP contribution >= 0.6 is 15.9 Å². The molecule has 0 saturated carbocycles. The SMILES string of the molecule is CC(C)(C)c1ccc2c(c1)c1ccc(-c3ccccc3)cc1n2-c1cc(Br)cc(-n2c3ccc(C(C)(C)C)cc3c3ccc(-c4ccccc4)cc32)c1C#N. The summed E-state index contributed by atoms with van der Waals surface area (Å²) in [6, 6.07) is 55.1. The van der Waals surface area contributed by atoms with Crippen molar-refractivity contribution < 1.29 is 0 Å². The molecule has 268 valence electrons. The Balaban J connectivity index is 1.39. The number of hydrogen-bond acceptors (Lipinski definition) is 1. The second-order valence-electron chi connectivity index (χ2n) is 16.8. The lowest BCUT2D eigenvalue weighted by molar-refractivity contribution is 0.591. The minimum Gasteiger partial charge on any atom is -0.308 e. The summed E-state index contributed by atoms with van der Waals surface area (Å²) in [4.78, 5) is 0. The first-order chi connectivity index (χ1) is 26.4. The molecule has 0 aliphatic carbocycles. The van der Waals surface area contributed by atoms with Crippen molar-refractivity contribution in [2.75, 3.05) is 0 Å². The van der Waals surface area contributed by atoms with Crippen molar-refractivity contribution in [3.63, 3.8) is 0 Å². The van der Waals surface area contributed by atoms with E-state index >= 15 is 0 Å². The maximum absolute atomic E-state index is 11.4. The van der Waals surface area contributed by atoms with E-state index in [1.165, 1.54) is 21.9 Å². The molecule has 0 aliphatic heterocycles. The quantitative estimate of drug-likeness (QED) is 0.175. The number of benzene rings is 7. The van der Waals surface area contributed by atoms with Gasteiger partial charge in [-0.1, -0.05) is 155 Å². The van der Waals surface area contributed by atoms with Crippen LogP contribution in [0.4, 0.5) is 0 Å². The van der Waals surface area contributed by atoms with E-state index in [0.717, 1.165) is 70.9 Å². The summed E-state index contributed by atoms with van der Waals surface area (Å²) in [5, 5.41) is 16.0. The molecule has 4 heteroatoms. The number of fused-ring (bicyclic) bond motifs is 6. The summed E-state index contributed by atoms with van der Waals surface area (Å²) in [6.45, 7) is 13.6. The fourth-order valence-electron chi connectivity index (χ4n) is 8.16. The normalized spacial score (nSPS) is 12.3. The van der Waals surface area contributed by atoms with Crippen LogP contribution in [0, 0.1) is 11.3 Å². The highest BCUT2D eigenvalue weighted by Crippen LogP contribution is 2.42. The van der Waals surface area contributed by atoms with Crippen LogP contribution in [0.3, 0.4) is 0 Å². The zero-order valence-electron chi connectivity index (χ0n) is 32.1. The van der Waals surface area contributed by atoms with Gasteiger partial charge in [-0.15, -0.1) is 0 Å². The fraction of sp³-hybridized carbons (Fsp3) is 0.157. The highest BCUT2D eigenvalue weighted by atomic mass is 79.9. The predicted octanol–water partition coefficient (Wildman–Crippen LogP) is 14.4. The summed E-state index contributed by atoms with van der Waals surface area (Å²) in [5.41, 5.74) is 13.6. The maximum Gasteiger partial charge on any atom is 0.104 e. The minimum atomic E-state index is -0.0185. The van der Waals surface area contributed by atoms with E-state index in [0.29, 0.717) is 5.56 Å². The van der Waals surface area contributed by atoms with Crippen LogP contribution in [-0.2, 0) is 10.8 Å². The average Bonchev–Trinajstić information content (AvgIpc) is 3.68. The summed E-state index contributed by atoms with van der Waals surface area (Å²) in [5.74, 6) is 0. The van der Waals surface area contributed by atoms with Crippen molar-refractivity contribution in [1.29, 1.82) is 5.26 Å². The Morgan fingerprint density at radius 3 is 1.24 bits per heavy atom. The standard InChI is InChI=1S/C51H42BrN3/c1-50(2,3)36-19-23-44-41(27-36)39-21-17-34(32-13-9-7-10-14-32)25-46(39)54(44)48-29-38(52)30-49(43(48)31-53)55-45-24-20-37(51(4,5)6)28-42(45)40-22-18-35(26-47(40)55)33-15-11-8-12-16-33/h7-30H,1-6H3. The van der Waals surface area contributed by atoms with Gasteiger partial charge in [0.15, 0.2) is 0 Å². The smallest absolute Gasteiger partial charge is 0.104 e. The summed E-state index contributed by atoms with van der Waals surface area (Å²) >= 11 is 3.95. The van der Waals surface area contributed by atoms with Gasteiger partial charge in [0.1, 0.15) is 11.6 Å². The Morgan fingerprint density at radius 2 is 0.855 bits per heavy atom. The highest BCUT2D eigenvalue weighted by molar-refractivity contribution is 9.10. The molecule has 0 radical (unpaired) electrons. The molecule has 2 heterocycles. The van der Waals surface area contributed by atoms with Crippen LogP contribution < -0.4 is 0 Å². The topological polar surface area (TPSA) is 33.6 Å². The number of rotatable bonds is 4. The Labute approximate surface area is 331 Å². The molecule has 0 amide bonds. The Kier molecular flexibility index (Phi) is 8.15. The number of aromatic nitrogens is 2. The van der Waals surface area contributed by atoms with Gasteiger partial charge in [0, 0.05) is 26.0 Å². The van der Waals surface area contributed by atoms with Gasteiger partial charge in [-0.05, 0) is 92.7 Å². The van der Waals surface area contributed by atoms with E-state index < -0.39 is 0 Å². The number of halogens is 1. The summed E-state index contributed by atoms with van der Waals surface area (Å²) in [6.07, 6.45) is 0. The third kappa shape index (κ3) is 5.86. The van der Waals surface area contributed by atoms with Gasteiger partial charge in [0.2, 0.25) is 0 Å². The minimum absolute atomic E-state index is 0.0185. The molecule has 0 bridgehead atoms. The molecule has 3 nitrogen and oxygen atoms in total. The van der Waals surface area contributed by atoms with Gasteiger partial charge < -0.3 is 9.13 Å². The van der Waals surface area contributed by atoms with Crippen molar-refractivity contribution in [2.24, 2.45) is 0 Å². The molecule has 0 fully saturated rings. The van der Waals surface area contributed by atoms with Crippen LogP contribution in [0.1, 0.15) is 58.2 Å². The molecular weight excluding hydrogens is 734 g/mol. The van der Waals surface area contributed by atoms with Crippen molar-refractivity contribution in [2.45, 2.75) is 52.4 Å². The average molecular weight is 777 g/mol. The van der Waals surface area contributed by atoms with E-state index in [1.807, 2.05) is 0 Å². The first-order valence-corrected chi connectivity index (χ1v) is 19.7. The monoisotopic (exact) mass is 775 g/mol. The molecule has 55 heavy (non-hydrogen) atoms. The molecule has 7 aromatic carbocycles. The predicted molar refractivity (Wildman–Crippen MR) is 236 cm³/mol. The second kappa shape index (κ2) is 12.9. The zero-order valence-corrected chi connectivity index (χ0v) is 33.7. The number of nitriles is 1. The number of nitrogens with zero attached hydrogens (tertiary/aromatic N) is 3. The zero-order chi connectivity index (χ0) is 38.2. The Hall–Kier alpha value is -5.89. The van der Waals surface area contributed by atoms with E-state index in [9.17, 15) is 5.26 Å². The molecule has 0 atom stereocenters. The van der Waals surface area contributed by atoms with E-state index in [4.69, 9.17) is 0 Å². The lowest BCUT2D eigenvalue weighted by Gasteiger charge is -2.20. The second-order valence-corrected chi connectivity index (χ2v) is 17.7. The third-order valence-electron chi connectivity index (χ3n) is 11.1. The molecular formula is C51H42BrN3. The molecule has 2 aromatic heterocycles. The summed E-state index contributed by atoms with van der Waals surface area (Å²) in [7, 11) is 0. The van der Waals surface area contributed by atoms with Gasteiger partial charge in [0.05, 0.1) is 33.4 Å². The van der Waals surface area contributed by atoms with Crippen LogP contribution in [0.5, 0.6) is 0 Å². The third-order valence-corrected chi connectivity index (χ3v) is 11.6. The lowest BCUT2D eigenvalue weighted by Crippen LogP contribution is -2.10. The molecule has 0 spiro atoms. The van der Waals surface area contributed by atoms with Crippen molar-refractivity contribution in [1.82, 2.24) is 9.13 Å². The van der Waals surface area contributed by atoms with Crippen LogP contribution in [0.15, 0.2) is 150 Å². The number of hydrogen-bond donors (Lipinski definition) is 0. The molecule has 0 saturated heterocycles. The van der Waals surface area contributed by atoms with Gasteiger partial charge in [-0.2, -0.15) is 5.26 Å². The maximum atomic E-state index is 11.4. The molecule has 9 rings (SSSR count). The molecule has 0 unspecified atom stereocenters. The molecule has 9 aromatic rings. The van der Waals surface area contributed by atoms with Crippen LogP contribution in [-0.4, -0.2) is 9.13 Å². The van der Waals surface area contributed by atoms with Crippen molar-refractivity contribution in [3.8, 4) is 39.7 Å². The molecule has 0 aliphatic rings. The van der Waals surface area contributed by atoms with Crippen molar-refractivity contribution in [3.05, 3.63) is 167 Å². The fourth-order valence-corrected chi connectivity index (χ4v) is 8.59. The van der Waals surface area contributed by atoms with E-state index in [-0.39, 0.29) is 10.8 Å². The lowest BCUT2D eigenvalue weighted by atomic mass is 9.86. The van der Waals surface area contributed by atoms with Gasteiger partial charge in [0.25, 0.3) is 0 Å². The van der Waals surface area contributed by atoms with Crippen molar-refractivity contribution >= 4 is 59.5 Å². The van der Waals surface area contributed by atoms with Crippen LogP contribution in [0.2, 0.25) is 0 Å². The largest absolute Gasteiger partial charge is 0.308 e. The van der Waals surface area contributed by atoms with Gasteiger partial charge in [-0.3, -0.25) is 0 Å². The highest BCUT2D eigenvalue weighted by Gasteiger charge is 2.25.